The Hall–Kier alpha value is -2.93. The minimum Gasteiger partial charge on any atom is -0.422 e. The summed E-state index contributed by atoms with van der Waals surface area (Å²) in [6.07, 6.45) is 3.69. The number of fused-ring (bicyclic) bond motifs is 2. The van der Waals surface area contributed by atoms with Gasteiger partial charge in [0.15, 0.2) is 0 Å². The molecule has 6 nitrogen and oxygen atoms in total. The Balaban J connectivity index is 1.73. The van der Waals surface area contributed by atoms with Gasteiger partial charge >= 0.3 is 5.63 Å². The first-order valence-corrected chi connectivity index (χ1v) is 9.15. The Labute approximate surface area is 152 Å². The van der Waals surface area contributed by atoms with Crippen molar-refractivity contribution in [2.45, 2.75) is 25.7 Å². The van der Waals surface area contributed by atoms with E-state index in [4.69, 9.17) is 10.2 Å². The molecule has 0 unspecified atom stereocenters. The van der Waals surface area contributed by atoms with Crippen molar-refractivity contribution in [3.63, 3.8) is 0 Å². The fraction of sp³-hybridized carbons (Fsp3) is 0.211. The molecule has 26 heavy (non-hydrogen) atoms. The Morgan fingerprint density at radius 2 is 1.92 bits per heavy atom. The van der Waals surface area contributed by atoms with Crippen LogP contribution in [-0.4, -0.2) is 11.8 Å². The fourth-order valence-corrected chi connectivity index (χ4v) is 4.59. The van der Waals surface area contributed by atoms with E-state index in [1.165, 1.54) is 17.4 Å². The van der Waals surface area contributed by atoms with E-state index in [0.29, 0.717) is 21.5 Å². The van der Waals surface area contributed by atoms with Gasteiger partial charge in [0.1, 0.15) is 16.1 Å². The number of nitrogens with two attached hydrogens (primary N) is 1. The number of rotatable bonds is 3. The summed E-state index contributed by atoms with van der Waals surface area (Å²) in [5.74, 6) is -1.17. The molecular formula is C19H16N2O4S. The largest absolute Gasteiger partial charge is 0.422 e. The molecule has 1 aliphatic rings. The van der Waals surface area contributed by atoms with Crippen molar-refractivity contribution in [1.82, 2.24) is 0 Å². The third-order valence-corrected chi connectivity index (χ3v) is 5.74. The van der Waals surface area contributed by atoms with Crippen LogP contribution in [0, 0.1) is 0 Å². The third-order valence-electron chi connectivity index (χ3n) is 4.53. The second-order valence-corrected chi connectivity index (χ2v) is 7.32. The highest BCUT2D eigenvalue weighted by molar-refractivity contribution is 7.17. The third kappa shape index (κ3) is 2.80. The predicted molar refractivity (Wildman–Crippen MR) is 99.9 cm³/mol. The average Bonchev–Trinajstić information content (AvgIpc) is 2.98. The lowest BCUT2D eigenvalue weighted by Gasteiger charge is -2.11. The van der Waals surface area contributed by atoms with Gasteiger partial charge in [-0.2, -0.15) is 0 Å². The van der Waals surface area contributed by atoms with E-state index in [2.05, 4.69) is 5.32 Å². The van der Waals surface area contributed by atoms with Gasteiger partial charge in [0.05, 0.1) is 5.56 Å². The van der Waals surface area contributed by atoms with E-state index >= 15 is 0 Å². The van der Waals surface area contributed by atoms with Crippen molar-refractivity contribution in [1.29, 1.82) is 0 Å². The number of amides is 2. The summed E-state index contributed by atoms with van der Waals surface area (Å²) in [4.78, 5) is 37.8. The van der Waals surface area contributed by atoms with Crippen molar-refractivity contribution >= 4 is 39.1 Å². The number of hydrogen-bond acceptors (Lipinski definition) is 5. The van der Waals surface area contributed by atoms with Crippen molar-refractivity contribution in [3.8, 4) is 0 Å². The first-order valence-electron chi connectivity index (χ1n) is 8.33. The molecular weight excluding hydrogens is 352 g/mol. The first kappa shape index (κ1) is 16.5. The minimum atomic E-state index is -0.719. The van der Waals surface area contributed by atoms with Crippen molar-refractivity contribution < 1.29 is 14.0 Å². The van der Waals surface area contributed by atoms with Gasteiger partial charge in [0.2, 0.25) is 0 Å². The van der Waals surface area contributed by atoms with E-state index in [9.17, 15) is 14.4 Å². The maximum absolute atomic E-state index is 12.6. The van der Waals surface area contributed by atoms with E-state index in [1.54, 1.807) is 24.3 Å². The van der Waals surface area contributed by atoms with Crippen LogP contribution in [0.25, 0.3) is 11.0 Å². The maximum atomic E-state index is 12.6. The molecule has 3 N–H and O–H groups in total. The average molecular weight is 368 g/mol. The van der Waals surface area contributed by atoms with Gasteiger partial charge in [-0.15, -0.1) is 11.3 Å². The van der Waals surface area contributed by atoms with Gasteiger partial charge in [-0.3, -0.25) is 9.59 Å². The van der Waals surface area contributed by atoms with E-state index < -0.39 is 17.4 Å². The minimum absolute atomic E-state index is 0.106. The van der Waals surface area contributed by atoms with Crippen LogP contribution in [0.2, 0.25) is 0 Å². The molecule has 0 aliphatic heterocycles. The second-order valence-electron chi connectivity index (χ2n) is 6.22. The van der Waals surface area contributed by atoms with Gasteiger partial charge in [0, 0.05) is 10.3 Å². The molecule has 132 valence electrons. The summed E-state index contributed by atoms with van der Waals surface area (Å²) in [5.41, 5.74) is 6.42. The van der Waals surface area contributed by atoms with Crippen molar-refractivity contribution in [2.24, 2.45) is 5.73 Å². The highest BCUT2D eigenvalue weighted by Gasteiger charge is 2.26. The highest BCUT2D eigenvalue weighted by Crippen LogP contribution is 2.38. The molecule has 2 amide bonds. The Bertz CT molecular complexity index is 1100. The summed E-state index contributed by atoms with van der Waals surface area (Å²) in [7, 11) is 0. The zero-order valence-electron chi connectivity index (χ0n) is 13.8. The number of carbonyl (C=O) groups is 2. The van der Waals surface area contributed by atoms with Gasteiger partial charge in [-0.05, 0) is 43.4 Å². The molecule has 7 heteroatoms. The van der Waals surface area contributed by atoms with Crippen LogP contribution in [0.4, 0.5) is 5.00 Å². The first-order chi connectivity index (χ1) is 12.5. The summed E-state index contributed by atoms with van der Waals surface area (Å²) < 4.78 is 5.21. The van der Waals surface area contributed by atoms with Gasteiger partial charge in [-0.1, -0.05) is 18.2 Å². The lowest BCUT2D eigenvalue weighted by molar-refractivity contribution is 0.100. The fourth-order valence-electron chi connectivity index (χ4n) is 3.31. The van der Waals surface area contributed by atoms with Crippen LogP contribution >= 0.6 is 11.3 Å². The van der Waals surface area contributed by atoms with Crippen molar-refractivity contribution in [3.05, 3.63) is 62.3 Å². The van der Waals surface area contributed by atoms with Crippen LogP contribution in [0.15, 0.2) is 39.5 Å². The van der Waals surface area contributed by atoms with Gasteiger partial charge < -0.3 is 15.5 Å². The SMILES string of the molecule is NC(=O)c1c(NC(=O)c2cc3ccccc3oc2=O)sc2c1CCCC2. The zero-order valence-corrected chi connectivity index (χ0v) is 14.7. The molecule has 1 aliphatic carbocycles. The van der Waals surface area contributed by atoms with E-state index in [1.807, 2.05) is 0 Å². The number of carbonyl (C=O) groups excluding carboxylic acids is 2. The Morgan fingerprint density at radius 3 is 2.73 bits per heavy atom. The smallest absolute Gasteiger partial charge is 0.349 e. The summed E-state index contributed by atoms with van der Waals surface area (Å²) in [6.45, 7) is 0. The molecule has 1 aromatic carbocycles. The summed E-state index contributed by atoms with van der Waals surface area (Å²) >= 11 is 1.36. The van der Waals surface area contributed by atoms with Gasteiger partial charge in [0.25, 0.3) is 11.8 Å². The molecule has 0 saturated carbocycles. The lowest BCUT2D eigenvalue weighted by Crippen LogP contribution is -2.22. The molecule has 4 rings (SSSR count). The molecule has 0 fully saturated rings. The number of nitrogens with one attached hydrogen (secondary N) is 1. The molecule has 2 aromatic heterocycles. The van der Waals surface area contributed by atoms with Crippen LogP contribution in [0.3, 0.4) is 0 Å². The topological polar surface area (TPSA) is 102 Å². The molecule has 2 heterocycles. The quantitative estimate of drug-likeness (QED) is 0.694. The van der Waals surface area contributed by atoms with Crippen LogP contribution in [0.1, 0.15) is 44.0 Å². The monoisotopic (exact) mass is 368 g/mol. The number of primary amides is 1. The van der Waals surface area contributed by atoms with Crippen molar-refractivity contribution in [2.75, 3.05) is 5.32 Å². The number of anilines is 1. The van der Waals surface area contributed by atoms with Crippen LogP contribution < -0.4 is 16.7 Å². The number of hydrogen-bond donors (Lipinski definition) is 2. The highest BCUT2D eigenvalue weighted by atomic mass is 32.1. The number of benzene rings is 1. The summed E-state index contributed by atoms with van der Waals surface area (Å²) in [6, 6.07) is 8.46. The van der Waals surface area contributed by atoms with Crippen LogP contribution in [-0.2, 0) is 12.8 Å². The standard InChI is InChI=1S/C19H16N2O4S/c20-16(22)15-11-6-2-4-8-14(11)26-18(15)21-17(23)12-9-10-5-1-3-7-13(10)25-19(12)24/h1,3,5,7,9H,2,4,6,8H2,(H2,20,22)(H,21,23). The molecule has 0 radical (unpaired) electrons. The number of aryl methyl sites for hydroxylation is 1. The maximum Gasteiger partial charge on any atom is 0.349 e. The lowest BCUT2D eigenvalue weighted by atomic mass is 9.95. The predicted octanol–water partition coefficient (Wildman–Crippen LogP) is 3.08. The molecule has 0 atom stereocenters. The van der Waals surface area contributed by atoms with Crippen LogP contribution in [0.5, 0.6) is 0 Å². The number of thiophene rings is 1. The Morgan fingerprint density at radius 1 is 1.15 bits per heavy atom. The van der Waals surface area contributed by atoms with Gasteiger partial charge in [-0.25, -0.2) is 4.79 Å². The molecule has 0 bridgehead atoms. The zero-order chi connectivity index (χ0) is 18.3. The van der Waals surface area contributed by atoms with E-state index in [0.717, 1.165) is 36.1 Å². The van der Waals surface area contributed by atoms with E-state index in [-0.39, 0.29) is 5.56 Å². The molecule has 0 saturated heterocycles. The Kier molecular flexibility index (Phi) is 4.08. The second kappa shape index (κ2) is 6.42. The molecule has 0 spiro atoms. The number of para-hydroxylation sites is 1. The normalized spacial score (nSPS) is 13.4. The summed E-state index contributed by atoms with van der Waals surface area (Å²) in [5, 5.41) is 3.75. The molecule has 3 aromatic rings.